The molecule has 2 fully saturated rings. The van der Waals surface area contributed by atoms with E-state index >= 15 is 0 Å². The number of fused-ring (bicyclic) bond motifs is 1. The van der Waals surface area contributed by atoms with Gasteiger partial charge in [0, 0.05) is 24.1 Å². The van der Waals surface area contributed by atoms with Crippen molar-refractivity contribution in [3.05, 3.63) is 0 Å². The maximum Gasteiger partial charge on any atom is 0.241 e. The van der Waals surface area contributed by atoms with Crippen LogP contribution in [0.25, 0.3) is 0 Å². The van der Waals surface area contributed by atoms with Crippen LogP contribution in [0, 0.1) is 5.92 Å². The number of nitrogens with one attached hydrogen (secondary N) is 1. The van der Waals surface area contributed by atoms with Gasteiger partial charge in [0.1, 0.15) is 6.04 Å². The fourth-order valence-electron chi connectivity index (χ4n) is 2.67. The Bertz CT molecular complexity index is 357. The third kappa shape index (κ3) is 2.43. The summed E-state index contributed by atoms with van der Waals surface area (Å²) in [5, 5.41) is 3.49. The van der Waals surface area contributed by atoms with Crippen molar-refractivity contribution in [1.29, 1.82) is 0 Å². The van der Waals surface area contributed by atoms with Crippen LogP contribution < -0.4 is 5.32 Å². The van der Waals surface area contributed by atoms with E-state index in [0.29, 0.717) is 6.04 Å². The van der Waals surface area contributed by atoms with Gasteiger partial charge in [-0.25, -0.2) is 0 Å². The molecule has 5 heteroatoms. The number of amides is 1. The average Bonchev–Trinajstić information content (AvgIpc) is 2.79. The van der Waals surface area contributed by atoms with E-state index in [1.54, 1.807) is 11.8 Å². The van der Waals surface area contributed by atoms with Gasteiger partial charge in [0.2, 0.25) is 5.91 Å². The van der Waals surface area contributed by atoms with E-state index in [-0.39, 0.29) is 35.1 Å². The van der Waals surface area contributed by atoms with Crippen molar-refractivity contribution < 1.29 is 9.59 Å². The van der Waals surface area contributed by atoms with Crippen LogP contribution in [0.5, 0.6) is 0 Å². The molecule has 2 rings (SSSR count). The van der Waals surface area contributed by atoms with E-state index in [1.807, 2.05) is 32.6 Å². The molecule has 2 aliphatic heterocycles. The number of Topliss-reactive ketones (excluding diaryl/α,β-unsaturated/α-hetero) is 1. The van der Waals surface area contributed by atoms with Gasteiger partial charge in [-0.2, -0.15) is 0 Å². The van der Waals surface area contributed by atoms with Crippen molar-refractivity contribution in [2.45, 2.75) is 57.6 Å². The molecule has 4 nitrogen and oxygen atoms in total. The fraction of sp³-hybridized carbons (Fsp3) is 0.846. The Hall–Kier alpha value is -0.550. The van der Waals surface area contributed by atoms with E-state index in [0.717, 1.165) is 12.2 Å². The van der Waals surface area contributed by atoms with Gasteiger partial charge in [-0.05, 0) is 0 Å². The SMILES string of the molecule is CC(C)NC1CC2SCC(C(=O)C(C)C)N2C1=O. The normalized spacial score (nSPS) is 31.6. The molecule has 102 valence electrons. The van der Waals surface area contributed by atoms with Crippen LogP contribution in [0.4, 0.5) is 0 Å². The Kier molecular flexibility index (Phi) is 4.02. The van der Waals surface area contributed by atoms with Crippen LogP contribution in [0.3, 0.4) is 0 Å². The number of hydrogen-bond donors (Lipinski definition) is 1. The Morgan fingerprint density at radius 1 is 1.39 bits per heavy atom. The molecule has 1 N–H and O–H groups in total. The summed E-state index contributed by atoms with van der Waals surface area (Å²) in [4.78, 5) is 26.3. The van der Waals surface area contributed by atoms with Crippen LogP contribution in [0.15, 0.2) is 0 Å². The molecule has 3 unspecified atom stereocenters. The highest BCUT2D eigenvalue weighted by molar-refractivity contribution is 8.00. The molecule has 0 aliphatic carbocycles. The number of carbonyl (C=O) groups is 2. The van der Waals surface area contributed by atoms with Gasteiger partial charge in [0.15, 0.2) is 5.78 Å². The number of nitrogens with zero attached hydrogens (tertiary/aromatic N) is 1. The minimum atomic E-state index is -0.202. The number of rotatable bonds is 4. The zero-order chi connectivity index (χ0) is 13.4. The Morgan fingerprint density at radius 3 is 2.61 bits per heavy atom. The quantitative estimate of drug-likeness (QED) is 0.835. The summed E-state index contributed by atoms with van der Waals surface area (Å²) in [6.07, 6.45) is 0.823. The van der Waals surface area contributed by atoms with E-state index in [9.17, 15) is 9.59 Å². The minimum Gasteiger partial charge on any atom is -0.318 e. The fourth-order valence-corrected chi connectivity index (χ4v) is 4.14. The largest absolute Gasteiger partial charge is 0.318 e. The Balaban J connectivity index is 2.09. The lowest BCUT2D eigenvalue weighted by atomic mass is 10.0. The second kappa shape index (κ2) is 5.21. The molecular weight excluding hydrogens is 248 g/mol. The first-order chi connectivity index (χ1) is 8.41. The summed E-state index contributed by atoms with van der Waals surface area (Å²) in [7, 11) is 0. The smallest absolute Gasteiger partial charge is 0.241 e. The second-order valence-corrected chi connectivity index (χ2v) is 6.93. The summed E-state index contributed by atoms with van der Waals surface area (Å²) < 4.78 is 0. The topological polar surface area (TPSA) is 49.4 Å². The number of carbonyl (C=O) groups excluding carboxylic acids is 2. The van der Waals surface area contributed by atoms with Crippen LogP contribution in [0.1, 0.15) is 34.1 Å². The van der Waals surface area contributed by atoms with E-state index in [2.05, 4.69) is 5.32 Å². The van der Waals surface area contributed by atoms with Crippen LogP contribution >= 0.6 is 11.8 Å². The molecule has 0 aromatic heterocycles. The van der Waals surface area contributed by atoms with Gasteiger partial charge in [-0.15, -0.1) is 11.8 Å². The standard InChI is InChI=1S/C13H22N2O2S/c1-7(2)12(16)10-6-18-11-5-9(14-8(3)4)13(17)15(10)11/h7-11,14H,5-6H2,1-4H3. The molecule has 3 atom stereocenters. The van der Waals surface area contributed by atoms with Crippen molar-refractivity contribution in [2.24, 2.45) is 5.92 Å². The molecule has 18 heavy (non-hydrogen) atoms. The highest BCUT2D eigenvalue weighted by Crippen LogP contribution is 2.38. The maximum atomic E-state index is 12.4. The number of thioether (sulfide) groups is 1. The van der Waals surface area contributed by atoms with Crippen molar-refractivity contribution in [3.8, 4) is 0 Å². The van der Waals surface area contributed by atoms with Crippen molar-refractivity contribution in [1.82, 2.24) is 10.2 Å². The van der Waals surface area contributed by atoms with Crippen molar-refractivity contribution in [2.75, 3.05) is 5.75 Å². The molecule has 0 radical (unpaired) electrons. The monoisotopic (exact) mass is 270 g/mol. The van der Waals surface area contributed by atoms with Crippen LogP contribution in [-0.2, 0) is 9.59 Å². The van der Waals surface area contributed by atoms with Gasteiger partial charge in [-0.3, -0.25) is 9.59 Å². The van der Waals surface area contributed by atoms with E-state index < -0.39 is 0 Å². The Labute approximate surface area is 113 Å². The van der Waals surface area contributed by atoms with Crippen molar-refractivity contribution in [3.63, 3.8) is 0 Å². The predicted octanol–water partition coefficient (Wildman–Crippen LogP) is 1.25. The second-order valence-electron chi connectivity index (χ2n) is 5.72. The molecule has 0 saturated carbocycles. The highest BCUT2D eigenvalue weighted by Gasteiger charge is 2.49. The lowest BCUT2D eigenvalue weighted by Crippen LogP contribution is -2.47. The molecule has 1 amide bonds. The number of ketones is 1. The summed E-state index contributed by atoms with van der Waals surface area (Å²) >= 11 is 1.75. The highest BCUT2D eigenvalue weighted by atomic mass is 32.2. The molecule has 2 heterocycles. The summed E-state index contributed by atoms with van der Waals surface area (Å²) in [6, 6.07) is -0.0139. The van der Waals surface area contributed by atoms with Crippen LogP contribution in [-0.4, -0.2) is 45.8 Å². The molecule has 0 spiro atoms. The lowest BCUT2D eigenvalue weighted by Gasteiger charge is -2.24. The van der Waals surface area contributed by atoms with E-state index in [4.69, 9.17) is 0 Å². The molecular formula is C13H22N2O2S. The molecule has 2 saturated heterocycles. The first-order valence-electron chi connectivity index (χ1n) is 6.65. The van der Waals surface area contributed by atoms with Gasteiger partial charge in [-0.1, -0.05) is 27.7 Å². The maximum absolute atomic E-state index is 12.4. The lowest BCUT2D eigenvalue weighted by molar-refractivity contribution is -0.137. The summed E-state index contributed by atoms with van der Waals surface area (Å²) in [5.41, 5.74) is 0. The summed E-state index contributed by atoms with van der Waals surface area (Å²) in [5.74, 6) is 1.07. The van der Waals surface area contributed by atoms with Crippen molar-refractivity contribution >= 4 is 23.5 Å². The average molecular weight is 270 g/mol. The van der Waals surface area contributed by atoms with E-state index in [1.165, 1.54) is 0 Å². The molecule has 2 aliphatic rings. The number of hydrogen-bond acceptors (Lipinski definition) is 4. The van der Waals surface area contributed by atoms with Gasteiger partial charge < -0.3 is 10.2 Å². The van der Waals surface area contributed by atoms with Gasteiger partial charge in [0.05, 0.1) is 11.4 Å². The first kappa shape index (κ1) is 13.9. The third-order valence-electron chi connectivity index (χ3n) is 3.51. The van der Waals surface area contributed by atoms with Gasteiger partial charge >= 0.3 is 0 Å². The first-order valence-corrected chi connectivity index (χ1v) is 7.70. The third-order valence-corrected chi connectivity index (χ3v) is 4.83. The summed E-state index contributed by atoms with van der Waals surface area (Å²) in [6.45, 7) is 7.90. The predicted molar refractivity (Wildman–Crippen MR) is 73.4 cm³/mol. The molecule has 0 aromatic rings. The zero-order valence-corrected chi connectivity index (χ0v) is 12.3. The Morgan fingerprint density at radius 2 is 2.06 bits per heavy atom. The zero-order valence-electron chi connectivity index (χ0n) is 11.5. The minimum absolute atomic E-state index is 0.000687. The molecule has 0 bridgehead atoms. The van der Waals surface area contributed by atoms with Crippen LogP contribution in [0.2, 0.25) is 0 Å². The molecule has 0 aromatic carbocycles. The van der Waals surface area contributed by atoms with Gasteiger partial charge in [0.25, 0.3) is 0 Å².